The standard InChI is InChI=1S/C12H10N4.C6H12/c1-9-4-5-12-14-8-11(16(12)15-9)10-3-2-6-13-7-10;1-2-4-6-5-3-1/h2-8H,1H3;1-6H2. The molecule has 0 aromatic carbocycles. The zero-order chi connectivity index (χ0) is 15.2. The van der Waals surface area contributed by atoms with Crippen molar-refractivity contribution in [2.24, 2.45) is 0 Å². The van der Waals surface area contributed by atoms with Crippen LogP contribution in [0.1, 0.15) is 44.2 Å². The Labute approximate surface area is 131 Å². The van der Waals surface area contributed by atoms with Crippen molar-refractivity contribution in [3.8, 4) is 11.3 Å². The van der Waals surface area contributed by atoms with Crippen molar-refractivity contribution in [2.75, 3.05) is 0 Å². The van der Waals surface area contributed by atoms with E-state index in [1.54, 1.807) is 6.20 Å². The Hall–Kier alpha value is -2.23. The summed E-state index contributed by atoms with van der Waals surface area (Å²) >= 11 is 0. The number of imidazole rings is 1. The minimum Gasteiger partial charge on any atom is -0.264 e. The molecule has 0 N–H and O–H groups in total. The van der Waals surface area contributed by atoms with E-state index in [0.717, 1.165) is 22.6 Å². The van der Waals surface area contributed by atoms with Crippen LogP contribution in [-0.4, -0.2) is 19.6 Å². The van der Waals surface area contributed by atoms with Gasteiger partial charge in [-0.3, -0.25) is 4.98 Å². The molecule has 3 aromatic rings. The minimum atomic E-state index is 0.851. The molecule has 0 atom stereocenters. The second kappa shape index (κ2) is 7.16. The summed E-state index contributed by atoms with van der Waals surface area (Å²) in [5, 5.41) is 4.44. The van der Waals surface area contributed by atoms with Crippen LogP contribution in [0, 0.1) is 6.92 Å². The molecule has 4 rings (SSSR count). The molecule has 0 unspecified atom stereocenters. The van der Waals surface area contributed by atoms with Crippen LogP contribution < -0.4 is 0 Å². The average molecular weight is 294 g/mol. The van der Waals surface area contributed by atoms with Gasteiger partial charge in [0.15, 0.2) is 5.65 Å². The van der Waals surface area contributed by atoms with Gasteiger partial charge in [0.1, 0.15) is 0 Å². The van der Waals surface area contributed by atoms with Gasteiger partial charge < -0.3 is 0 Å². The maximum atomic E-state index is 4.44. The quantitative estimate of drug-likeness (QED) is 0.666. The Morgan fingerprint density at radius 3 is 2.27 bits per heavy atom. The molecular weight excluding hydrogens is 272 g/mol. The van der Waals surface area contributed by atoms with Gasteiger partial charge in [-0.15, -0.1) is 0 Å². The van der Waals surface area contributed by atoms with Gasteiger partial charge in [0.05, 0.1) is 17.6 Å². The van der Waals surface area contributed by atoms with Crippen LogP contribution in [0.3, 0.4) is 0 Å². The van der Waals surface area contributed by atoms with E-state index in [1.807, 2.05) is 48.1 Å². The van der Waals surface area contributed by atoms with Crippen molar-refractivity contribution in [3.05, 3.63) is 48.5 Å². The molecule has 114 valence electrons. The molecular formula is C18H22N4. The number of rotatable bonds is 1. The zero-order valence-electron chi connectivity index (χ0n) is 13.1. The maximum absolute atomic E-state index is 4.44. The average Bonchev–Trinajstić information content (AvgIpc) is 3.01. The van der Waals surface area contributed by atoms with Crippen LogP contribution in [0.2, 0.25) is 0 Å². The number of hydrogen-bond donors (Lipinski definition) is 0. The topological polar surface area (TPSA) is 43.1 Å². The van der Waals surface area contributed by atoms with E-state index < -0.39 is 0 Å². The molecule has 0 saturated heterocycles. The van der Waals surface area contributed by atoms with Crippen molar-refractivity contribution in [2.45, 2.75) is 45.4 Å². The number of aromatic nitrogens is 4. The Morgan fingerprint density at radius 2 is 1.64 bits per heavy atom. The van der Waals surface area contributed by atoms with E-state index in [0.29, 0.717) is 0 Å². The second-order valence-corrected chi connectivity index (χ2v) is 5.75. The van der Waals surface area contributed by atoms with Crippen LogP contribution in [0.15, 0.2) is 42.9 Å². The fourth-order valence-electron chi connectivity index (χ4n) is 2.74. The molecule has 22 heavy (non-hydrogen) atoms. The summed E-state index contributed by atoms with van der Waals surface area (Å²) in [5.74, 6) is 0. The summed E-state index contributed by atoms with van der Waals surface area (Å²) in [7, 11) is 0. The van der Waals surface area contributed by atoms with Crippen LogP contribution in [0.25, 0.3) is 16.9 Å². The fourth-order valence-corrected chi connectivity index (χ4v) is 2.74. The molecule has 0 bridgehead atoms. The van der Waals surface area contributed by atoms with Crippen molar-refractivity contribution >= 4 is 5.65 Å². The summed E-state index contributed by atoms with van der Waals surface area (Å²) in [6.45, 7) is 1.96. The summed E-state index contributed by atoms with van der Waals surface area (Å²) in [4.78, 5) is 8.41. The molecule has 1 aliphatic carbocycles. The van der Waals surface area contributed by atoms with Crippen LogP contribution in [-0.2, 0) is 0 Å². The normalized spacial score (nSPS) is 14.4. The van der Waals surface area contributed by atoms with Crippen LogP contribution in [0.4, 0.5) is 0 Å². The van der Waals surface area contributed by atoms with Gasteiger partial charge in [-0.2, -0.15) is 5.10 Å². The van der Waals surface area contributed by atoms with Gasteiger partial charge >= 0.3 is 0 Å². The lowest BCUT2D eigenvalue weighted by Gasteiger charge is -2.05. The molecule has 0 amide bonds. The molecule has 4 heteroatoms. The van der Waals surface area contributed by atoms with Crippen LogP contribution >= 0.6 is 0 Å². The first-order valence-corrected chi connectivity index (χ1v) is 8.06. The first kappa shape index (κ1) is 14.7. The molecule has 1 aliphatic rings. The van der Waals surface area contributed by atoms with Gasteiger partial charge in [-0.05, 0) is 31.2 Å². The predicted octanol–water partition coefficient (Wildman–Crippen LogP) is 4.44. The van der Waals surface area contributed by atoms with Crippen molar-refractivity contribution in [1.82, 2.24) is 19.6 Å². The lowest BCUT2D eigenvalue weighted by atomic mass is 10.0. The van der Waals surface area contributed by atoms with Gasteiger partial charge in [0, 0.05) is 18.0 Å². The lowest BCUT2D eigenvalue weighted by Crippen LogP contribution is -1.96. The van der Waals surface area contributed by atoms with Crippen molar-refractivity contribution in [1.29, 1.82) is 0 Å². The molecule has 1 fully saturated rings. The van der Waals surface area contributed by atoms with E-state index in [9.17, 15) is 0 Å². The Morgan fingerprint density at radius 1 is 0.909 bits per heavy atom. The summed E-state index contributed by atoms with van der Waals surface area (Å²) in [5.41, 5.74) is 3.81. The SMILES string of the molecule is C1CCCCC1.Cc1ccc2ncc(-c3cccnc3)n2n1. The third-order valence-electron chi connectivity index (χ3n) is 3.95. The highest BCUT2D eigenvalue weighted by molar-refractivity contribution is 5.61. The Balaban J connectivity index is 0.000000202. The van der Waals surface area contributed by atoms with Crippen molar-refractivity contribution in [3.63, 3.8) is 0 Å². The third-order valence-corrected chi connectivity index (χ3v) is 3.95. The number of hydrogen-bond acceptors (Lipinski definition) is 3. The van der Waals surface area contributed by atoms with Gasteiger partial charge in [-0.1, -0.05) is 38.5 Å². The lowest BCUT2D eigenvalue weighted by molar-refractivity contribution is 0.504. The molecule has 0 aliphatic heterocycles. The van der Waals surface area contributed by atoms with E-state index in [2.05, 4.69) is 15.1 Å². The number of aryl methyl sites for hydroxylation is 1. The van der Waals surface area contributed by atoms with Gasteiger partial charge in [-0.25, -0.2) is 9.50 Å². The summed E-state index contributed by atoms with van der Waals surface area (Å²) in [6.07, 6.45) is 14.4. The number of nitrogens with zero attached hydrogens (tertiary/aromatic N) is 4. The molecule has 0 radical (unpaired) electrons. The van der Waals surface area contributed by atoms with E-state index in [-0.39, 0.29) is 0 Å². The predicted molar refractivity (Wildman–Crippen MR) is 88.7 cm³/mol. The highest BCUT2D eigenvalue weighted by atomic mass is 15.3. The molecule has 0 spiro atoms. The molecule has 3 heterocycles. The van der Waals surface area contributed by atoms with Gasteiger partial charge in [0.2, 0.25) is 0 Å². The van der Waals surface area contributed by atoms with Crippen LogP contribution in [0.5, 0.6) is 0 Å². The van der Waals surface area contributed by atoms with E-state index >= 15 is 0 Å². The highest BCUT2D eigenvalue weighted by Crippen LogP contribution is 2.18. The summed E-state index contributed by atoms with van der Waals surface area (Å²) < 4.78 is 1.84. The Bertz CT molecular complexity index is 703. The molecule has 1 saturated carbocycles. The van der Waals surface area contributed by atoms with Crippen molar-refractivity contribution < 1.29 is 0 Å². The first-order chi connectivity index (χ1) is 10.8. The fraction of sp³-hybridized carbons (Fsp3) is 0.389. The first-order valence-electron chi connectivity index (χ1n) is 8.06. The molecule has 3 aromatic heterocycles. The summed E-state index contributed by atoms with van der Waals surface area (Å²) in [6, 6.07) is 7.82. The largest absolute Gasteiger partial charge is 0.264 e. The smallest absolute Gasteiger partial charge is 0.154 e. The number of pyridine rings is 1. The monoisotopic (exact) mass is 294 g/mol. The minimum absolute atomic E-state index is 0.851. The zero-order valence-corrected chi connectivity index (χ0v) is 13.1. The van der Waals surface area contributed by atoms with E-state index in [1.165, 1.54) is 38.5 Å². The van der Waals surface area contributed by atoms with Gasteiger partial charge in [0.25, 0.3) is 0 Å². The molecule has 4 nitrogen and oxygen atoms in total. The second-order valence-electron chi connectivity index (χ2n) is 5.75. The highest BCUT2D eigenvalue weighted by Gasteiger charge is 2.06. The van der Waals surface area contributed by atoms with E-state index in [4.69, 9.17) is 0 Å². The number of fused-ring (bicyclic) bond motifs is 1. The Kier molecular flexibility index (Phi) is 4.78. The maximum Gasteiger partial charge on any atom is 0.154 e. The third kappa shape index (κ3) is 3.50.